The van der Waals surface area contributed by atoms with E-state index in [2.05, 4.69) is 58.9 Å². The summed E-state index contributed by atoms with van der Waals surface area (Å²) in [5.74, 6) is 0. The van der Waals surface area contributed by atoms with Crippen molar-refractivity contribution in [3.63, 3.8) is 0 Å². The summed E-state index contributed by atoms with van der Waals surface area (Å²) in [7, 11) is 0. The molecule has 2 aromatic rings. The molecule has 35 heavy (non-hydrogen) atoms. The van der Waals surface area contributed by atoms with Gasteiger partial charge in [0.15, 0.2) is 6.29 Å². The van der Waals surface area contributed by atoms with E-state index < -0.39 is 30.7 Å². The van der Waals surface area contributed by atoms with Gasteiger partial charge < -0.3 is 24.8 Å². The van der Waals surface area contributed by atoms with Crippen molar-refractivity contribution in [1.29, 1.82) is 0 Å². The van der Waals surface area contributed by atoms with Crippen molar-refractivity contribution < 1.29 is 24.8 Å². The fourth-order valence-electron chi connectivity index (χ4n) is 5.21. The highest BCUT2D eigenvalue weighted by atomic mass is 16.7. The number of ether oxygens (including phenoxy) is 2. The molecule has 4 rings (SSSR count). The second-order valence-corrected chi connectivity index (χ2v) is 11.6. The van der Waals surface area contributed by atoms with Crippen molar-refractivity contribution in [2.24, 2.45) is 0 Å². The minimum absolute atomic E-state index is 0.185. The Morgan fingerprint density at radius 3 is 2.20 bits per heavy atom. The topological polar surface area (TPSA) is 79.2 Å². The third kappa shape index (κ3) is 5.40. The summed E-state index contributed by atoms with van der Waals surface area (Å²) in [6.45, 7) is 13.4. The number of aliphatic hydroxyl groups is 3. The van der Waals surface area contributed by atoms with Gasteiger partial charge in [0.2, 0.25) is 0 Å². The van der Waals surface area contributed by atoms with Gasteiger partial charge in [-0.1, -0.05) is 76.2 Å². The Hall–Kier alpha value is -2.02. The fraction of sp³-hybridized carbons (Fsp3) is 0.533. The van der Waals surface area contributed by atoms with Crippen molar-refractivity contribution in [2.45, 2.75) is 103 Å². The van der Waals surface area contributed by atoms with Crippen LogP contribution in [-0.2, 0) is 26.9 Å². The van der Waals surface area contributed by atoms with Crippen LogP contribution in [0.1, 0.15) is 82.2 Å². The molecule has 0 radical (unpaired) electrons. The molecule has 2 aromatic carbocycles. The van der Waals surface area contributed by atoms with Crippen LogP contribution in [-0.4, -0.2) is 46.0 Å². The standard InChI is InChI=1S/C30H40O5/c1-18(22-11-12-23-24(16-22)30(5,6)14-13-29(23,3)4)15-20-7-9-21(10-8-20)17-34-28-27(33)26(32)25(31)19(2)35-28/h7-12,15-16,19,25-28,31-33H,13-14,17H2,1-6H3/b18-15+/t19-,25-,26+,27-,28-/m1/s1. The van der Waals surface area contributed by atoms with Gasteiger partial charge in [-0.25, -0.2) is 0 Å². The van der Waals surface area contributed by atoms with Crippen molar-refractivity contribution in [3.8, 4) is 0 Å². The molecule has 1 aliphatic heterocycles. The van der Waals surface area contributed by atoms with Crippen molar-refractivity contribution in [3.05, 3.63) is 70.3 Å². The second-order valence-electron chi connectivity index (χ2n) is 11.6. The van der Waals surface area contributed by atoms with E-state index in [1.165, 1.54) is 35.1 Å². The number of hydrogen-bond acceptors (Lipinski definition) is 5. The molecule has 1 aliphatic carbocycles. The van der Waals surface area contributed by atoms with Gasteiger partial charge in [0.05, 0.1) is 12.7 Å². The zero-order valence-corrected chi connectivity index (χ0v) is 21.8. The van der Waals surface area contributed by atoms with E-state index in [9.17, 15) is 15.3 Å². The first kappa shape index (κ1) is 26.1. The maximum absolute atomic E-state index is 10.1. The molecule has 190 valence electrons. The molecule has 1 heterocycles. The van der Waals surface area contributed by atoms with Crippen LogP contribution in [0.25, 0.3) is 11.6 Å². The van der Waals surface area contributed by atoms with Crippen LogP contribution in [0.15, 0.2) is 42.5 Å². The molecule has 5 nitrogen and oxygen atoms in total. The Bertz CT molecular complexity index is 1070. The molecule has 0 spiro atoms. The molecule has 3 N–H and O–H groups in total. The molecule has 0 aromatic heterocycles. The highest BCUT2D eigenvalue weighted by Crippen LogP contribution is 2.46. The highest BCUT2D eigenvalue weighted by Gasteiger charge is 2.42. The van der Waals surface area contributed by atoms with Crippen LogP contribution in [0, 0.1) is 0 Å². The Balaban J connectivity index is 1.45. The average molecular weight is 481 g/mol. The quantitative estimate of drug-likeness (QED) is 0.529. The molecular weight excluding hydrogens is 440 g/mol. The first-order valence-electron chi connectivity index (χ1n) is 12.6. The van der Waals surface area contributed by atoms with Gasteiger partial charge in [0.25, 0.3) is 0 Å². The van der Waals surface area contributed by atoms with Gasteiger partial charge in [-0.3, -0.25) is 0 Å². The summed E-state index contributed by atoms with van der Waals surface area (Å²) in [5, 5.41) is 29.9. The van der Waals surface area contributed by atoms with E-state index in [0.29, 0.717) is 0 Å². The van der Waals surface area contributed by atoms with Crippen LogP contribution >= 0.6 is 0 Å². The van der Waals surface area contributed by atoms with Crippen LogP contribution in [0.5, 0.6) is 0 Å². The zero-order valence-electron chi connectivity index (χ0n) is 21.8. The Morgan fingerprint density at radius 2 is 1.54 bits per heavy atom. The van der Waals surface area contributed by atoms with E-state index in [0.717, 1.165) is 11.1 Å². The summed E-state index contributed by atoms with van der Waals surface area (Å²) in [5.41, 5.74) is 7.84. The van der Waals surface area contributed by atoms with Crippen LogP contribution in [0.4, 0.5) is 0 Å². The third-order valence-corrected chi connectivity index (χ3v) is 7.89. The molecule has 1 fully saturated rings. The zero-order chi connectivity index (χ0) is 25.5. The molecule has 0 amide bonds. The first-order valence-corrected chi connectivity index (χ1v) is 12.6. The molecular formula is C30H40O5. The van der Waals surface area contributed by atoms with Crippen molar-refractivity contribution in [2.75, 3.05) is 0 Å². The number of hydrogen-bond donors (Lipinski definition) is 3. The van der Waals surface area contributed by atoms with Gasteiger partial charge in [-0.2, -0.15) is 0 Å². The molecule has 0 bridgehead atoms. The minimum atomic E-state index is -1.29. The lowest BCUT2D eigenvalue weighted by molar-refractivity contribution is -0.296. The SMILES string of the molecule is C/C(=C\c1ccc(CO[C@@H]2O[C@H](C)[C@@H](O)[C@H](O)[C@H]2O)cc1)c1ccc2c(c1)C(C)(C)CCC2(C)C. The molecule has 0 saturated carbocycles. The largest absolute Gasteiger partial charge is 0.388 e. The predicted octanol–water partition coefficient (Wildman–Crippen LogP) is 4.94. The molecule has 1 saturated heterocycles. The van der Waals surface area contributed by atoms with Crippen LogP contribution < -0.4 is 0 Å². The lowest BCUT2D eigenvalue weighted by atomic mass is 9.63. The van der Waals surface area contributed by atoms with Crippen LogP contribution in [0.3, 0.4) is 0 Å². The van der Waals surface area contributed by atoms with E-state index in [1.807, 2.05) is 24.3 Å². The van der Waals surface area contributed by atoms with Crippen molar-refractivity contribution in [1.82, 2.24) is 0 Å². The highest BCUT2D eigenvalue weighted by molar-refractivity contribution is 5.80. The summed E-state index contributed by atoms with van der Waals surface area (Å²) in [4.78, 5) is 0. The third-order valence-electron chi connectivity index (χ3n) is 7.89. The number of fused-ring (bicyclic) bond motifs is 1. The summed E-state index contributed by atoms with van der Waals surface area (Å²) >= 11 is 0. The number of benzene rings is 2. The van der Waals surface area contributed by atoms with E-state index in [1.54, 1.807) is 6.92 Å². The van der Waals surface area contributed by atoms with Crippen LogP contribution in [0.2, 0.25) is 0 Å². The monoisotopic (exact) mass is 480 g/mol. The normalized spacial score (nSPS) is 30.1. The van der Waals surface area contributed by atoms with Gasteiger partial charge in [0, 0.05) is 0 Å². The summed E-state index contributed by atoms with van der Waals surface area (Å²) in [6, 6.07) is 15.0. The number of aliphatic hydroxyl groups excluding tert-OH is 3. The molecule has 5 heteroatoms. The Labute approximate surface area is 209 Å². The maximum Gasteiger partial charge on any atom is 0.186 e. The Morgan fingerprint density at radius 1 is 0.914 bits per heavy atom. The first-order chi connectivity index (χ1) is 16.4. The minimum Gasteiger partial charge on any atom is -0.388 e. The molecule has 2 aliphatic rings. The average Bonchev–Trinajstić information content (AvgIpc) is 2.83. The molecule has 5 atom stereocenters. The summed E-state index contributed by atoms with van der Waals surface area (Å²) < 4.78 is 11.2. The smallest absolute Gasteiger partial charge is 0.186 e. The summed E-state index contributed by atoms with van der Waals surface area (Å²) in [6.07, 6.45) is -0.711. The van der Waals surface area contributed by atoms with Gasteiger partial charge >= 0.3 is 0 Å². The van der Waals surface area contributed by atoms with Gasteiger partial charge in [-0.05, 0) is 70.9 Å². The lowest BCUT2D eigenvalue weighted by Gasteiger charge is -2.42. The lowest BCUT2D eigenvalue weighted by Crippen LogP contribution is -2.57. The van der Waals surface area contributed by atoms with E-state index in [-0.39, 0.29) is 17.4 Å². The maximum atomic E-state index is 10.1. The van der Waals surface area contributed by atoms with Crippen molar-refractivity contribution >= 4 is 11.6 Å². The van der Waals surface area contributed by atoms with E-state index >= 15 is 0 Å². The second kappa shape index (κ2) is 9.79. The van der Waals surface area contributed by atoms with E-state index in [4.69, 9.17) is 9.47 Å². The Kier molecular flexibility index (Phi) is 7.29. The number of rotatable bonds is 5. The molecule has 0 unspecified atom stereocenters. The number of allylic oxidation sites excluding steroid dienone is 1. The van der Waals surface area contributed by atoms with Gasteiger partial charge in [-0.15, -0.1) is 0 Å². The van der Waals surface area contributed by atoms with Gasteiger partial charge in [0.1, 0.15) is 18.3 Å². The predicted molar refractivity (Wildman–Crippen MR) is 139 cm³/mol. The fourth-order valence-corrected chi connectivity index (χ4v) is 5.21.